The minimum atomic E-state index is -0.561. The van der Waals surface area contributed by atoms with Crippen LogP contribution in [0.1, 0.15) is 78.0 Å². The van der Waals surface area contributed by atoms with Gasteiger partial charge in [0.1, 0.15) is 12.4 Å². The zero-order valence-electron chi connectivity index (χ0n) is 25.2. The number of hydrogen-bond acceptors (Lipinski definition) is 5. The van der Waals surface area contributed by atoms with Crippen molar-refractivity contribution < 1.29 is 9.53 Å². The second-order valence-electron chi connectivity index (χ2n) is 10.6. The molecule has 1 unspecified atom stereocenters. The first-order chi connectivity index (χ1) is 18.8. The molecule has 0 saturated carbocycles. The summed E-state index contributed by atoms with van der Waals surface area (Å²) >= 11 is 14.5. The highest BCUT2D eigenvalue weighted by molar-refractivity contribution is 8.00. The van der Waals surface area contributed by atoms with Gasteiger partial charge in [-0.25, -0.2) is 0 Å². The number of rotatable bonds is 12. The van der Waals surface area contributed by atoms with Gasteiger partial charge in [-0.3, -0.25) is 9.79 Å². The van der Waals surface area contributed by atoms with Crippen molar-refractivity contribution in [2.75, 3.05) is 11.8 Å². The van der Waals surface area contributed by atoms with Crippen molar-refractivity contribution >= 4 is 58.2 Å². The van der Waals surface area contributed by atoms with Crippen molar-refractivity contribution in [1.82, 2.24) is 0 Å². The number of allylic oxidation sites excluding steroid dienone is 2. The Morgan fingerprint density at radius 3 is 2.50 bits per heavy atom. The lowest BCUT2D eigenvalue weighted by Gasteiger charge is -2.22. The monoisotopic (exact) mass is 603 g/mol. The minimum Gasteiger partial charge on any atom is -0.460 e. The summed E-state index contributed by atoms with van der Waals surface area (Å²) in [6.07, 6.45) is 3.79. The van der Waals surface area contributed by atoms with Crippen molar-refractivity contribution in [1.29, 1.82) is 0 Å². The van der Waals surface area contributed by atoms with Crippen LogP contribution in [0.15, 0.2) is 57.4 Å². The lowest BCUT2D eigenvalue weighted by atomic mass is 9.85. The number of hydrogen-bond donors (Lipinski definition) is 2. The summed E-state index contributed by atoms with van der Waals surface area (Å²) < 4.78 is 9.01. The van der Waals surface area contributed by atoms with Gasteiger partial charge in [0.25, 0.3) is 0 Å². The van der Waals surface area contributed by atoms with Gasteiger partial charge in [0, 0.05) is 33.8 Å². The van der Waals surface area contributed by atoms with Crippen molar-refractivity contribution in [2.45, 2.75) is 79.7 Å². The maximum atomic E-state index is 12.5. The molecule has 0 aliphatic carbocycles. The number of nitrogens with two attached hydrogens (primary N) is 1. The standard InChI is InChI=1S/C32H43Cl2N3O2S/c1-10-19(4)20(5)28(30(35)36-9)24(11-2)25-14-13-15-26(21(25)6)37-40-27-17-23(33)16-22(29(27)34)18-39-31(38)32(7,8)12-3/h11,13-17,19,37H,10,12,18H2,1-9H3,(H2,35,36)/b24-11-,28-20+. The zero-order valence-corrected chi connectivity index (χ0v) is 27.5. The summed E-state index contributed by atoms with van der Waals surface area (Å²) in [5.41, 5.74) is 12.9. The van der Waals surface area contributed by atoms with Gasteiger partial charge >= 0.3 is 5.97 Å². The fraction of sp³-hybridized carbons (Fsp3) is 0.438. The third kappa shape index (κ3) is 8.08. The van der Waals surface area contributed by atoms with Crippen LogP contribution in [0.3, 0.4) is 0 Å². The third-order valence-electron chi connectivity index (χ3n) is 7.57. The Kier molecular flexibility index (Phi) is 12.7. The van der Waals surface area contributed by atoms with Crippen LogP contribution in [0, 0.1) is 18.3 Å². The van der Waals surface area contributed by atoms with E-state index in [2.05, 4.69) is 49.6 Å². The van der Waals surface area contributed by atoms with E-state index in [9.17, 15) is 4.79 Å². The molecule has 1 atom stereocenters. The number of nitrogens with zero attached hydrogens (tertiary/aromatic N) is 1. The van der Waals surface area contributed by atoms with E-state index < -0.39 is 5.41 Å². The maximum absolute atomic E-state index is 12.5. The van der Waals surface area contributed by atoms with Gasteiger partial charge in [-0.2, -0.15) is 0 Å². The average molecular weight is 605 g/mol. The van der Waals surface area contributed by atoms with E-state index in [1.807, 2.05) is 39.8 Å². The Morgan fingerprint density at radius 1 is 1.25 bits per heavy atom. The summed E-state index contributed by atoms with van der Waals surface area (Å²) in [4.78, 5) is 17.6. The van der Waals surface area contributed by atoms with Crippen LogP contribution < -0.4 is 10.5 Å². The van der Waals surface area contributed by atoms with Gasteiger partial charge in [-0.1, -0.05) is 67.8 Å². The Balaban J connectivity index is 2.40. The number of halogens is 2. The number of esters is 1. The second kappa shape index (κ2) is 15.0. The molecule has 0 radical (unpaired) electrons. The van der Waals surface area contributed by atoms with E-state index in [1.54, 1.807) is 19.2 Å². The predicted octanol–water partition coefficient (Wildman–Crippen LogP) is 9.65. The lowest BCUT2D eigenvalue weighted by Crippen LogP contribution is -2.25. The average Bonchev–Trinajstić information content (AvgIpc) is 2.94. The van der Waals surface area contributed by atoms with E-state index in [4.69, 9.17) is 33.7 Å². The summed E-state index contributed by atoms with van der Waals surface area (Å²) in [6.45, 7) is 16.4. The number of carbonyl (C=O) groups is 1. The Morgan fingerprint density at radius 2 is 1.93 bits per heavy atom. The smallest absolute Gasteiger partial charge is 0.311 e. The van der Waals surface area contributed by atoms with Gasteiger partial charge in [-0.15, -0.1) is 0 Å². The normalized spacial score (nSPS) is 14.1. The van der Waals surface area contributed by atoms with Crippen molar-refractivity contribution in [3.8, 4) is 0 Å². The first kappa shape index (κ1) is 33.8. The van der Waals surface area contributed by atoms with Gasteiger partial charge in [0.05, 0.1) is 10.4 Å². The van der Waals surface area contributed by atoms with Crippen molar-refractivity contribution in [3.63, 3.8) is 0 Å². The molecule has 0 bridgehead atoms. The highest BCUT2D eigenvalue weighted by Gasteiger charge is 2.27. The van der Waals surface area contributed by atoms with Gasteiger partial charge in [0.15, 0.2) is 0 Å². The molecule has 40 heavy (non-hydrogen) atoms. The fourth-order valence-electron chi connectivity index (χ4n) is 4.08. The van der Waals surface area contributed by atoms with E-state index >= 15 is 0 Å². The quantitative estimate of drug-likeness (QED) is 0.0829. The van der Waals surface area contributed by atoms with Crippen LogP contribution in [0.25, 0.3) is 5.57 Å². The largest absolute Gasteiger partial charge is 0.460 e. The molecule has 5 nitrogen and oxygen atoms in total. The minimum absolute atomic E-state index is 0.0550. The first-order valence-corrected chi connectivity index (χ1v) is 15.2. The number of anilines is 1. The van der Waals surface area contributed by atoms with Crippen LogP contribution in [0.4, 0.5) is 5.69 Å². The SMILES string of the molecule is C/C=C(\C(C(N)=NC)=C(\C)C(C)CC)c1cccc(NSc2cc(Cl)cc(COC(=O)C(C)(C)CC)c2Cl)c1C. The first-order valence-electron chi connectivity index (χ1n) is 13.6. The molecule has 8 heteroatoms. The summed E-state index contributed by atoms with van der Waals surface area (Å²) in [5.74, 6) is 0.629. The molecule has 0 fully saturated rings. The zero-order chi connectivity index (χ0) is 30.2. The Labute approximate surface area is 254 Å². The molecule has 0 heterocycles. The predicted molar refractivity (Wildman–Crippen MR) is 174 cm³/mol. The lowest BCUT2D eigenvalue weighted by molar-refractivity contribution is -0.155. The fourth-order valence-corrected chi connectivity index (χ4v) is 5.51. The number of ether oxygens (including phenoxy) is 1. The van der Waals surface area contributed by atoms with Crippen LogP contribution in [-0.2, 0) is 16.1 Å². The molecular formula is C32H43Cl2N3O2S. The van der Waals surface area contributed by atoms with Crippen molar-refractivity contribution in [3.05, 3.63) is 74.3 Å². The molecule has 0 aliphatic rings. The number of benzene rings is 2. The molecule has 0 aromatic heterocycles. The molecule has 218 valence electrons. The third-order valence-corrected chi connectivity index (χ3v) is 9.21. The van der Waals surface area contributed by atoms with Crippen LogP contribution in [0.5, 0.6) is 0 Å². The molecule has 2 aromatic carbocycles. The number of carbonyl (C=O) groups excluding carboxylic acids is 1. The van der Waals surface area contributed by atoms with Crippen LogP contribution in [0.2, 0.25) is 10.0 Å². The number of amidine groups is 1. The van der Waals surface area contributed by atoms with E-state index in [0.717, 1.165) is 39.3 Å². The molecule has 3 N–H and O–H groups in total. The van der Waals surface area contributed by atoms with Crippen LogP contribution in [-0.4, -0.2) is 18.9 Å². The molecular weight excluding hydrogens is 561 g/mol. The van der Waals surface area contributed by atoms with E-state index in [0.29, 0.717) is 33.8 Å². The highest BCUT2D eigenvalue weighted by Crippen LogP contribution is 2.38. The highest BCUT2D eigenvalue weighted by atomic mass is 35.5. The Hall–Kier alpha value is -2.41. The Bertz CT molecular complexity index is 1320. The van der Waals surface area contributed by atoms with Gasteiger partial charge in [-0.05, 0) is 100 Å². The van der Waals surface area contributed by atoms with E-state index in [-0.39, 0.29) is 12.6 Å². The van der Waals surface area contributed by atoms with Gasteiger partial charge < -0.3 is 15.2 Å². The molecule has 2 aromatic rings. The molecule has 0 amide bonds. The molecule has 0 aliphatic heterocycles. The van der Waals surface area contributed by atoms with E-state index in [1.165, 1.54) is 17.5 Å². The maximum Gasteiger partial charge on any atom is 0.311 e. The summed E-state index contributed by atoms with van der Waals surface area (Å²) in [6, 6.07) is 9.68. The molecule has 2 rings (SSSR count). The molecule has 0 saturated heterocycles. The van der Waals surface area contributed by atoms with Crippen LogP contribution >= 0.6 is 35.1 Å². The number of nitrogens with one attached hydrogen (secondary N) is 1. The molecule has 0 spiro atoms. The second-order valence-corrected chi connectivity index (χ2v) is 12.2. The van der Waals surface area contributed by atoms with Gasteiger partial charge in [0.2, 0.25) is 0 Å². The summed E-state index contributed by atoms with van der Waals surface area (Å²) in [5, 5.41) is 1.01. The summed E-state index contributed by atoms with van der Waals surface area (Å²) in [7, 11) is 1.72. The number of aliphatic imine (C=N–C) groups is 1. The topological polar surface area (TPSA) is 76.7 Å². The van der Waals surface area contributed by atoms with Crippen molar-refractivity contribution in [2.24, 2.45) is 22.1 Å².